The molecule has 4 rings (SSSR count). The van der Waals surface area contributed by atoms with Crippen LogP contribution >= 0.6 is 0 Å². The van der Waals surface area contributed by atoms with Crippen LogP contribution in [0.2, 0.25) is 0 Å². The van der Waals surface area contributed by atoms with Gasteiger partial charge in [0.1, 0.15) is 11.6 Å². The summed E-state index contributed by atoms with van der Waals surface area (Å²) in [7, 11) is 1.39. The summed E-state index contributed by atoms with van der Waals surface area (Å²) in [5.74, 6) is -5.57. The molecule has 0 spiro atoms. The van der Waals surface area contributed by atoms with Gasteiger partial charge in [-0.2, -0.15) is 13.2 Å². The number of nitrogens with one attached hydrogen (secondary N) is 1. The highest BCUT2D eigenvalue weighted by Gasteiger charge is 2.47. The van der Waals surface area contributed by atoms with Crippen LogP contribution in [0.25, 0.3) is 0 Å². The number of nitrogens with zero attached hydrogens (tertiary/aromatic N) is 2. The van der Waals surface area contributed by atoms with Gasteiger partial charge in [-0.15, -0.1) is 0 Å². The number of halogens is 4. The number of anilines is 1. The van der Waals surface area contributed by atoms with Crippen molar-refractivity contribution in [2.45, 2.75) is 71.2 Å². The number of aliphatic hydroxyl groups excluding tert-OH is 2. The highest BCUT2D eigenvalue weighted by molar-refractivity contribution is 6.08. The van der Waals surface area contributed by atoms with Crippen LogP contribution in [0.15, 0.2) is 18.2 Å². The maximum absolute atomic E-state index is 15.8. The van der Waals surface area contributed by atoms with Crippen LogP contribution in [0, 0.1) is 11.2 Å². The molecule has 2 aromatic carbocycles. The highest BCUT2D eigenvalue weighted by atomic mass is 19.4. The Bertz CT molecular complexity index is 1510. The number of fused-ring (bicyclic) bond motifs is 1. The summed E-state index contributed by atoms with van der Waals surface area (Å²) < 4.78 is 77.6. The molecule has 1 fully saturated rings. The molecule has 0 aromatic heterocycles. The summed E-state index contributed by atoms with van der Waals surface area (Å²) in [5.41, 5.74) is -0.466. The van der Waals surface area contributed by atoms with Gasteiger partial charge in [0.25, 0.3) is 0 Å². The number of carbonyl (C=O) groups excluding carboxylic acids is 2. The Morgan fingerprint density at radius 1 is 1.02 bits per heavy atom. The summed E-state index contributed by atoms with van der Waals surface area (Å²) in [6, 6.07) is 4.04. The molecule has 1 saturated heterocycles. The average molecular weight is 656 g/mol. The number of β-amino-alcohol motifs (C(OH)–C–C–N with tert-alkyl or cyclic N) is 2. The molecule has 2 aliphatic heterocycles. The fourth-order valence-electron chi connectivity index (χ4n) is 5.49. The molecule has 3 N–H and O–H groups in total. The number of esters is 1. The molecule has 11 nitrogen and oxygen atoms in total. The highest BCUT2D eigenvalue weighted by Crippen LogP contribution is 2.43. The number of hydrogen-bond donors (Lipinski definition) is 3. The second-order valence-corrected chi connectivity index (χ2v) is 11.9. The molecule has 252 valence electrons. The molecule has 3 atom stereocenters. The number of methoxy groups -OCH3 is 1. The Kier molecular flexibility index (Phi) is 9.78. The third-order valence-corrected chi connectivity index (χ3v) is 7.65. The topological polar surface area (TPSA) is 142 Å². The lowest BCUT2D eigenvalue weighted by Gasteiger charge is -2.31. The van der Waals surface area contributed by atoms with Crippen LogP contribution in [0.5, 0.6) is 17.2 Å². The zero-order chi connectivity index (χ0) is 34.3. The number of aliphatic hydroxyl groups is 2. The van der Waals surface area contributed by atoms with Gasteiger partial charge >= 0.3 is 12.1 Å². The second-order valence-electron chi connectivity index (χ2n) is 11.9. The van der Waals surface area contributed by atoms with Gasteiger partial charge in [0.2, 0.25) is 12.0 Å². The average Bonchev–Trinajstić information content (AvgIpc) is 3.49. The van der Waals surface area contributed by atoms with Crippen molar-refractivity contribution in [2.24, 2.45) is 0 Å². The van der Waals surface area contributed by atoms with E-state index in [9.17, 15) is 33.0 Å². The van der Waals surface area contributed by atoms with Crippen molar-refractivity contribution >= 4 is 23.3 Å². The van der Waals surface area contributed by atoms with Crippen molar-refractivity contribution in [1.29, 1.82) is 5.41 Å². The molecule has 0 aliphatic carbocycles. The van der Waals surface area contributed by atoms with Crippen molar-refractivity contribution in [2.75, 3.05) is 38.3 Å². The molecular weight excluding hydrogens is 618 g/mol. The number of carbonyl (C=O) groups is 2. The number of ketones is 1. The van der Waals surface area contributed by atoms with Crippen LogP contribution < -0.4 is 19.1 Å². The van der Waals surface area contributed by atoms with Crippen molar-refractivity contribution < 1.29 is 56.3 Å². The third kappa shape index (κ3) is 6.56. The number of amidine groups is 1. The molecular formula is C31H37F4N3O8. The Hall–Kier alpha value is -4.11. The van der Waals surface area contributed by atoms with Gasteiger partial charge in [0, 0.05) is 30.8 Å². The summed E-state index contributed by atoms with van der Waals surface area (Å²) in [5, 5.41) is 29.1. The number of benzene rings is 2. The molecule has 15 heteroatoms. The Labute approximate surface area is 263 Å². The van der Waals surface area contributed by atoms with Crippen molar-refractivity contribution in [1.82, 2.24) is 4.90 Å². The van der Waals surface area contributed by atoms with Gasteiger partial charge < -0.3 is 39.0 Å². The smallest absolute Gasteiger partial charge is 0.491 e. The minimum Gasteiger partial charge on any atom is -0.494 e. The van der Waals surface area contributed by atoms with Crippen LogP contribution in [-0.2, 0) is 21.5 Å². The van der Waals surface area contributed by atoms with Gasteiger partial charge in [0.05, 0.1) is 43.8 Å². The van der Waals surface area contributed by atoms with Crippen LogP contribution in [0.1, 0.15) is 61.7 Å². The van der Waals surface area contributed by atoms with Crippen LogP contribution in [0.3, 0.4) is 0 Å². The number of ether oxygens (including phenoxy) is 4. The van der Waals surface area contributed by atoms with E-state index in [2.05, 4.69) is 0 Å². The van der Waals surface area contributed by atoms with E-state index in [-0.39, 0.29) is 60.2 Å². The molecule has 0 radical (unpaired) electrons. The first-order chi connectivity index (χ1) is 21.4. The van der Waals surface area contributed by atoms with Crippen LogP contribution in [0.4, 0.5) is 23.2 Å². The van der Waals surface area contributed by atoms with E-state index in [0.29, 0.717) is 11.3 Å². The van der Waals surface area contributed by atoms with Gasteiger partial charge in [-0.05, 0) is 43.0 Å². The quantitative estimate of drug-likeness (QED) is 0.196. The lowest BCUT2D eigenvalue weighted by Crippen LogP contribution is -2.47. The summed E-state index contributed by atoms with van der Waals surface area (Å²) in [6.07, 6.45) is -10.1. The first-order valence-corrected chi connectivity index (χ1v) is 14.6. The predicted octanol–water partition coefficient (Wildman–Crippen LogP) is 3.93. The molecule has 2 heterocycles. The summed E-state index contributed by atoms with van der Waals surface area (Å²) in [4.78, 5) is 28.7. The number of hydrogen-bond acceptors (Lipinski definition) is 10. The maximum Gasteiger partial charge on any atom is 0.491 e. The molecule has 0 saturated carbocycles. The predicted molar refractivity (Wildman–Crippen MR) is 157 cm³/mol. The first kappa shape index (κ1) is 34.8. The van der Waals surface area contributed by atoms with Gasteiger partial charge in [0.15, 0.2) is 17.3 Å². The van der Waals surface area contributed by atoms with Crippen LogP contribution in [-0.4, -0.2) is 90.7 Å². The number of rotatable bonds is 10. The minimum atomic E-state index is -5.49. The monoisotopic (exact) mass is 655 g/mol. The van der Waals surface area contributed by atoms with E-state index in [1.54, 1.807) is 39.5 Å². The normalized spacial score (nSPS) is 18.8. The Morgan fingerprint density at radius 3 is 2.15 bits per heavy atom. The minimum absolute atomic E-state index is 0.00461. The number of Topliss-reactive ketones (excluding diaryl/α,β-unsaturated/α-hetero) is 1. The Morgan fingerprint density at radius 2 is 1.63 bits per heavy atom. The van der Waals surface area contributed by atoms with E-state index in [0.717, 1.165) is 4.90 Å². The lowest BCUT2D eigenvalue weighted by atomic mass is 9.84. The van der Waals surface area contributed by atoms with Crippen molar-refractivity contribution in [3.8, 4) is 17.2 Å². The first-order valence-electron chi connectivity index (χ1n) is 14.6. The second kappa shape index (κ2) is 12.9. The summed E-state index contributed by atoms with van der Waals surface area (Å²) >= 11 is 0. The standard InChI is InChI=1S/C31H37F4N3O8/c1-7-44-21-11-16-12-38(27(36)22(16)23(32)26(21)45-8-2)28(46-29(42)31(33,34)35)24(41)15-9-17(30(3,4)5)25(43-6)18(10-15)37-13-19(39)20(40)14-37/h9-11,19-20,28,36,39-40H,7-8,12-14H2,1-6H3. The molecule has 2 aromatic rings. The van der Waals surface area contributed by atoms with Crippen molar-refractivity contribution in [3.05, 3.63) is 46.3 Å². The van der Waals surface area contributed by atoms with Crippen molar-refractivity contribution in [3.63, 3.8) is 0 Å². The Balaban J connectivity index is 1.87. The molecule has 3 unspecified atom stereocenters. The zero-order valence-corrected chi connectivity index (χ0v) is 26.2. The molecule has 46 heavy (non-hydrogen) atoms. The van der Waals surface area contributed by atoms with E-state index < -0.39 is 60.0 Å². The maximum atomic E-state index is 15.8. The molecule has 2 aliphatic rings. The van der Waals surface area contributed by atoms with Gasteiger partial charge in [-0.3, -0.25) is 10.2 Å². The zero-order valence-electron chi connectivity index (χ0n) is 26.2. The van der Waals surface area contributed by atoms with E-state index in [1.165, 1.54) is 25.3 Å². The van der Waals surface area contributed by atoms with Gasteiger partial charge in [-0.25, -0.2) is 9.18 Å². The fourth-order valence-corrected chi connectivity index (χ4v) is 5.49. The van der Waals surface area contributed by atoms with E-state index in [4.69, 9.17) is 24.4 Å². The third-order valence-electron chi connectivity index (χ3n) is 7.65. The SMILES string of the molecule is CCOc1cc2c(c(F)c1OCC)C(=N)N(C(OC(=O)C(F)(F)F)C(=O)c1cc(N3CC(O)C(O)C3)c(OC)c(C(C)(C)C)c1)C2. The molecule has 0 amide bonds. The van der Waals surface area contributed by atoms with Gasteiger partial charge in [-0.1, -0.05) is 20.8 Å². The summed E-state index contributed by atoms with van der Waals surface area (Å²) in [6.45, 7) is 8.28. The largest absolute Gasteiger partial charge is 0.494 e. The van der Waals surface area contributed by atoms with E-state index >= 15 is 4.39 Å². The number of alkyl halides is 3. The molecule has 0 bridgehead atoms. The fraction of sp³-hybridized carbons (Fsp3) is 0.516. The van der Waals surface area contributed by atoms with E-state index in [1.807, 2.05) is 0 Å². The lowest BCUT2D eigenvalue weighted by molar-refractivity contribution is -0.207.